The summed E-state index contributed by atoms with van der Waals surface area (Å²) in [6, 6.07) is 13.7. The third-order valence-electron chi connectivity index (χ3n) is 2.82. The van der Waals surface area contributed by atoms with Crippen molar-refractivity contribution in [3.05, 3.63) is 64.4 Å². The summed E-state index contributed by atoms with van der Waals surface area (Å²) < 4.78 is 13.3. The third-order valence-corrected chi connectivity index (χ3v) is 3.05. The number of nitrogens with zero attached hydrogens (tertiary/aromatic N) is 1. The van der Waals surface area contributed by atoms with Gasteiger partial charge in [-0.1, -0.05) is 23.7 Å². The van der Waals surface area contributed by atoms with E-state index < -0.39 is 5.82 Å². The molecule has 19 heavy (non-hydrogen) atoms. The molecule has 0 heterocycles. The fourth-order valence-electron chi connectivity index (χ4n) is 1.81. The molecule has 2 nitrogen and oxygen atoms in total. The molecule has 0 saturated heterocycles. The van der Waals surface area contributed by atoms with Crippen LogP contribution in [0.5, 0.6) is 0 Å². The zero-order valence-corrected chi connectivity index (χ0v) is 11.1. The van der Waals surface area contributed by atoms with Gasteiger partial charge in [0.25, 0.3) is 0 Å². The highest BCUT2D eigenvalue weighted by atomic mass is 35.5. The fraction of sp³-hybridized carbons (Fsp3) is 0.133. The van der Waals surface area contributed by atoms with Crippen LogP contribution in [0.1, 0.15) is 24.1 Å². The molecule has 0 fully saturated rings. The lowest BCUT2D eigenvalue weighted by molar-refractivity contribution is 0.622. The Labute approximate surface area is 116 Å². The molecule has 1 unspecified atom stereocenters. The van der Waals surface area contributed by atoms with Crippen molar-refractivity contribution in [3.8, 4) is 6.07 Å². The number of halogens is 2. The highest BCUT2D eigenvalue weighted by Gasteiger charge is 2.09. The van der Waals surface area contributed by atoms with E-state index in [1.807, 2.05) is 31.2 Å². The summed E-state index contributed by atoms with van der Waals surface area (Å²) in [5.74, 6) is -0.499. The van der Waals surface area contributed by atoms with Gasteiger partial charge < -0.3 is 5.32 Å². The lowest BCUT2D eigenvalue weighted by Crippen LogP contribution is -2.07. The Hall–Kier alpha value is -2.05. The molecule has 2 aromatic rings. The van der Waals surface area contributed by atoms with Crippen LogP contribution in [0.3, 0.4) is 0 Å². The van der Waals surface area contributed by atoms with Crippen molar-refractivity contribution in [1.29, 1.82) is 5.26 Å². The fourth-order valence-corrected chi connectivity index (χ4v) is 2.00. The van der Waals surface area contributed by atoms with Crippen LogP contribution in [0.2, 0.25) is 5.02 Å². The SMILES string of the molecule is CC(Nc1cccc(Cl)c1)c1ccc(F)c(C#N)c1. The summed E-state index contributed by atoms with van der Waals surface area (Å²) in [6.45, 7) is 1.94. The number of hydrogen-bond acceptors (Lipinski definition) is 2. The first-order chi connectivity index (χ1) is 9.10. The molecule has 0 radical (unpaired) electrons. The summed E-state index contributed by atoms with van der Waals surface area (Å²) in [7, 11) is 0. The van der Waals surface area contributed by atoms with E-state index in [1.54, 1.807) is 18.2 Å². The van der Waals surface area contributed by atoms with Gasteiger partial charge in [0.2, 0.25) is 0 Å². The molecule has 0 amide bonds. The molecule has 4 heteroatoms. The molecule has 0 aliphatic rings. The van der Waals surface area contributed by atoms with Gasteiger partial charge in [0.05, 0.1) is 5.56 Å². The van der Waals surface area contributed by atoms with Crippen molar-refractivity contribution in [3.63, 3.8) is 0 Å². The number of benzene rings is 2. The zero-order valence-electron chi connectivity index (χ0n) is 10.3. The first-order valence-corrected chi connectivity index (χ1v) is 6.19. The van der Waals surface area contributed by atoms with Crippen LogP contribution in [0.15, 0.2) is 42.5 Å². The number of rotatable bonds is 3. The second kappa shape index (κ2) is 5.73. The summed E-state index contributed by atoms with van der Waals surface area (Å²) in [6.07, 6.45) is 0. The molecule has 0 aliphatic carbocycles. The van der Waals surface area contributed by atoms with Gasteiger partial charge in [-0.15, -0.1) is 0 Å². The van der Waals surface area contributed by atoms with Crippen LogP contribution >= 0.6 is 11.6 Å². The maximum Gasteiger partial charge on any atom is 0.140 e. The normalized spacial score (nSPS) is 11.7. The van der Waals surface area contributed by atoms with Crippen LogP contribution in [0.4, 0.5) is 10.1 Å². The Balaban J connectivity index is 2.21. The van der Waals surface area contributed by atoms with Crippen LogP contribution in [0.25, 0.3) is 0 Å². The van der Waals surface area contributed by atoms with E-state index in [4.69, 9.17) is 16.9 Å². The first-order valence-electron chi connectivity index (χ1n) is 5.82. The van der Waals surface area contributed by atoms with Crippen molar-refractivity contribution < 1.29 is 4.39 Å². The van der Waals surface area contributed by atoms with Crippen LogP contribution < -0.4 is 5.32 Å². The number of nitrogens with one attached hydrogen (secondary N) is 1. The van der Waals surface area contributed by atoms with Crippen molar-refractivity contribution in [1.82, 2.24) is 0 Å². The molecule has 0 aromatic heterocycles. The minimum absolute atomic E-state index is 0.0498. The Morgan fingerprint density at radius 2 is 2.05 bits per heavy atom. The second-order valence-electron chi connectivity index (χ2n) is 4.23. The molecule has 0 bridgehead atoms. The monoisotopic (exact) mass is 274 g/mol. The van der Waals surface area contributed by atoms with Gasteiger partial charge in [-0.25, -0.2) is 4.39 Å². The summed E-state index contributed by atoms with van der Waals surface area (Å²) in [5, 5.41) is 12.7. The van der Waals surface area contributed by atoms with E-state index in [1.165, 1.54) is 6.07 Å². The highest BCUT2D eigenvalue weighted by Crippen LogP contribution is 2.23. The predicted molar refractivity (Wildman–Crippen MR) is 74.6 cm³/mol. The smallest absolute Gasteiger partial charge is 0.140 e. The van der Waals surface area contributed by atoms with Crippen molar-refractivity contribution in [2.45, 2.75) is 13.0 Å². The number of nitriles is 1. The number of anilines is 1. The molecule has 0 saturated carbocycles. The average molecular weight is 275 g/mol. The molecule has 0 aliphatic heterocycles. The Morgan fingerprint density at radius 1 is 1.26 bits per heavy atom. The zero-order chi connectivity index (χ0) is 13.8. The van der Waals surface area contributed by atoms with Gasteiger partial charge in [-0.3, -0.25) is 0 Å². The maximum absolute atomic E-state index is 13.3. The molecule has 1 atom stereocenters. The van der Waals surface area contributed by atoms with E-state index in [0.717, 1.165) is 11.3 Å². The maximum atomic E-state index is 13.3. The van der Waals surface area contributed by atoms with E-state index in [-0.39, 0.29) is 11.6 Å². The van der Waals surface area contributed by atoms with Gasteiger partial charge in [0.15, 0.2) is 0 Å². The van der Waals surface area contributed by atoms with Gasteiger partial charge in [-0.05, 0) is 42.8 Å². The van der Waals surface area contributed by atoms with E-state index in [9.17, 15) is 4.39 Å². The lowest BCUT2D eigenvalue weighted by atomic mass is 10.0. The molecular weight excluding hydrogens is 263 g/mol. The quantitative estimate of drug-likeness (QED) is 0.893. The molecule has 0 spiro atoms. The first kappa shape index (κ1) is 13.4. The summed E-state index contributed by atoms with van der Waals surface area (Å²) >= 11 is 5.91. The van der Waals surface area contributed by atoms with Gasteiger partial charge in [-0.2, -0.15) is 5.26 Å². The minimum Gasteiger partial charge on any atom is -0.378 e. The van der Waals surface area contributed by atoms with Gasteiger partial charge in [0.1, 0.15) is 11.9 Å². The number of hydrogen-bond donors (Lipinski definition) is 1. The van der Waals surface area contributed by atoms with E-state index in [0.29, 0.717) is 5.02 Å². The molecular formula is C15H12ClFN2. The van der Waals surface area contributed by atoms with E-state index >= 15 is 0 Å². The van der Waals surface area contributed by atoms with Crippen LogP contribution in [-0.4, -0.2) is 0 Å². The minimum atomic E-state index is -0.499. The van der Waals surface area contributed by atoms with Crippen LogP contribution in [0, 0.1) is 17.1 Å². The lowest BCUT2D eigenvalue weighted by Gasteiger charge is -2.16. The largest absolute Gasteiger partial charge is 0.378 e. The molecule has 2 aromatic carbocycles. The summed E-state index contributed by atoms with van der Waals surface area (Å²) in [5.41, 5.74) is 1.78. The average Bonchev–Trinajstić information content (AvgIpc) is 2.39. The highest BCUT2D eigenvalue weighted by molar-refractivity contribution is 6.30. The van der Waals surface area contributed by atoms with Gasteiger partial charge in [0, 0.05) is 16.8 Å². The molecule has 1 N–H and O–H groups in total. The van der Waals surface area contributed by atoms with E-state index in [2.05, 4.69) is 5.32 Å². The Kier molecular flexibility index (Phi) is 4.03. The van der Waals surface area contributed by atoms with Gasteiger partial charge >= 0.3 is 0 Å². The molecule has 2 rings (SSSR count). The Morgan fingerprint density at radius 3 is 2.74 bits per heavy atom. The summed E-state index contributed by atoms with van der Waals surface area (Å²) in [4.78, 5) is 0. The second-order valence-corrected chi connectivity index (χ2v) is 4.66. The van der Waals surface area contributed by atoms with Crippen molar-refractivity contribution in [2.24, 2.45) is 0 Å². The third kappa shape index (κ3) is 3.24. The Bertz CT molecular complexity index is 634. The standard InChI is InChI=1S/C15H12ClFN2/c1-10(19-14-4-2-3-13(16)8-14)11-5-6-15(17)12(7-11)9-18/h2-8,10,19H,1H3. The van der Waals surface area contributed by atoms with Crippen molar-refractivity contribution in [2.75, 3.05) is 5.32 Å². The predicted octanol–water partition coefficient (Wildman–Crippen LogP) is 4.52. The van der Waals surface area contributed by atoms with Crippen molar-refractivity contribution >= 4 is 17.3 Å². The molecule has 96 valence electrons. The van der Waals surface area contributed by atoms with Crippen LogP contribution in [-0.2, 0) is 0 Å². The topological polar surface area (TPSA) is 35.8 Å².